The molecular formula is C26H28FNO5. The van der Waals surface area contributed by atoms with Gasteiger partial charge < -0.3 is 24.3 Å². The van der Waals surface area contributed by atoms with Gasteiger partial charge in [0.2, 0.25) is 6.29 Å². The Hall–Kier alpha value is -3.16. The summed E-state index contributed by atoms with van der Waals surface area (Å²) in [6.45, 7) is 2.60. The predicted molar refractivity (Wildman–Crippen MR) is 122 cm³/mol. The molecule has 1 amide bonds. The second kappa shape index (κ2) is 10.6. The topological polar surface area (TPSA) is 80.9 Å². The maximum Gasteiger partial charge on any atom is 0.286 e. The van der Waals surface area contributed by atoms with Crippen LogP contribution in [0.1, 0.15) is 36.8 Å². The van der Waals surface area contributed by atoms with Crippen LogP contribution in [-0.4, -0.2) is 30.5 Å². The first-order valence-electron chi connectivity index (χ1n) is 11.2. The molecule has 1 aliphatic rings. The van der Waals surface area contributed by atoms with E-state index in [0.717, 1.165) is 22.1 Å². The number of carbonyl (C=O) groups excluding carboxylic acids is 1. The van der Waals surface area contributed by atoms with Gasteiger partial charge in [0.15, 0.2) is 5.76 Å². The van der Waals surface area contributed by atoms with Gasteiger partial charge in [0, 0.05) is 42.5 Å². The van der Waals surface area contributed by atoms with Crippen LogP contribution in [0.15, 0.2) is 71.0 Å². The van der Waals surface area contributed by atoms with Crippen molar-refractivity contribution < 1.29 is 28.2 Å². The summed E-state index contributed by atoms with van der Waals surface area (Å²) in [6, 6.07) is 13.7. The Bertz CT molecular complexity index is 1110. The standard InChI is InChI=1S/C26H28FNO5/c1-2-31-26-20(7-5-13-29)21(22-16-32-23-8-4-3-6-19(22)23)14-24(33-26)25(30)28-15-17-9-11-18(27)12-10-17/h3-4,6,8-12,14,16,20-21,26,29H,2,5,7,13,15H2,1H3,(H,28,30)/t20-,21+,26-/m1/s1. The monoisotopic (exact) mass is 453 g/mol. The van der Waals surface area contributed by atoms with Gasteiger partial charge in [-0.1, -0.05) is 30.3 Å². The molecule has 174 valence electrons. The lowest BCUT2D eigenvalue weighted by Gasteiger charge is -2.36. The minimum absolute atomic E-state index is 0.0585. The molecule has 7 heteroatoms. The van der Waals surface area contributed by atoms with Crippen LogP contribution in [0, 0.1) is 11.7 Å². The molecule has 1 aliphatic heterocycles. The molecule has 0 aliphatic carbocycles. The maximum atomic E-state index is 13.2. The minimum Gasteiger partial charge on any atom is -0.464 e. The second-order valence-corrected chi connectivity index (χ2v) is 8.02. The molecule has 0 radical (unpaired) electrons. The lowest BCUT2D eigenvalue weighted by molar-refractivity contribution is -0.166. The number of nitrogens with one attached hydrogen (secondary N) is 1. The van der Waals surface area contributed by atoms with Gasteiger partial charge in [-0.15, -0.1) is 0 Å². The quantitative estimate of drug-likeness (QED) is 0.494. The van der Waals surface area contributed by atoms with Crippen LogP contribution in [0.5, 0.6) is 0 Å². The number of para-hydroxylation sites is 1. The van der Waals surface area contributed by atoms with Gasteiger partial charge >= 0.3 is 0 Å². The predicted octanol–water partition coefficient (Wildman–Crippen LogP) is 4.64. The molecule has 4 rings (SSSR count). The average Bonchev–Trinajstić information content (AvgIpc) is 3.26. The van der Waals surface area contributed by atoms with Gasteiger partial charge in [0.05, 0.1) is 6.26 Å². The summed E-state index contributed by atoms with van der Waals surface area (Å²) in [6.07, 6.45) is 4.14. The smallest absolute Gasteiger partial charge is 0.286 e. The third-order valence-corrected chi connectivity index (χ3v) is 5.87. The van der Waals surface area contributed by atoms with Crippen LogP contribution in [0.4, 0.5) is 4.39 Å². The minimum atomic E-state index is -0.642. The Labute approximate surface area is 192 Å². The normalized spacial score (nSPS) is 20.3. The largest absolute Gasteiger partial charge is 0.464 e. The Balaban J connectivity index is 1.64. The number of amides is 1. The highest BCUT2D eigenvalue weighted by Crippen LogP contribution is 2.42. The van der Waals surface area contributed by atoms with Crippen molar-refractivity contribution in [3.05, 3.63) is 83.6 Å². The third kappa shape index (κ3) is 5.26. The van der Waals surface area contributed by atoms with Gasteiger partial charge in [-0.25, -0.2) is 4.39 Å². The van der Waals surface area contributed by atoms with E-state index in [1.165, 1.54) is 12.1 Å². The number of rotatable bonds is 9. The fourth-order valence-electron chi connectivity index (χ4n) is 4.25. The van der Waals surface area contributed by atoms with Crippen LogP contribution in [0.2, 0.25) is 0 Å². The molecule has 1 aromatic heterocycles. The summed E-state index contributed by atoms with van der Waals surface area (Å²) in [7, 11) is 0. The van der Waals surface area contributed by atoms with Gasteiger partial charge in [-0.05, 0) is 49.6 Å². The van der Waals surface area contributed by atoms with Crippen LogP contribution >= 0.6 is 0 Å². The number of aliphatic hydroxyl groups is 1. The number of fused-ring (bicyclic) bond motifs is 1. The van der Waals surface area contributed by atoms with Crippen molar-refractivity contribution in [3.63, 3.8) is 0 Å². The molecule has 0 saturated carbocycles. The molecule has 0 spiro atoms. The lowest BCUT2D eigenvalue weighted by atomic mass is 9.80. The number of carbonyl (C=O) groups is 1. The molecule has 2 N–H and O–H groups in total. The van der Waals surface area contributed by atoms with Crippen LogP contribution in [0.3, 0.4) is 0 Å². The summed E-state index contributed by atoms with van der Waals surface area (Å²) in [5.41, 5.74) is 2.50. The Kier molecular flexibility index (Phi) is 7.42. The molecule has 2 heterocycles. The molecule has 33 heavy (non-hydrogen) atoms. The highest BCUT2D eigenvalue weighted by atomic mass is 19.1. The number of halogens is 1. The second-order valence-electron chi connectivity index (χ2n) is 8.02. The van der Waals surface area contributed by atoms with E-state index in [-0.39, 0.29) is 42.5 Å². The highest BCUT2D eigenvalue weighted by molar-refractivity contribution is 5.92. The number of ether oxygens (including phenoxy) is 2. The van der Waals surface area contributed by atoms with Crippen molar-refractivity contribution in [1.29, 1.82) is 0 Å². The van der Waals surface area contributed by atoms with Gasteiger partial charge in [-0.3, -0.25) is 4.79 Å². The summed E-state index contributed by atoms with van der Waals surface area (Å²) >= 11 is 0. The molecule has 0 fully saturated rings. The first-order valence-corrected chi connectivity index (χ1v) is 11.2. The molecule has 0 bridgehead atoms. The average molecular weight is 454 g/mol. The fraction of sp³-hybridized carbons (Fsp3) is 0.346. The van der Waals surface area contributed by atoms with Crippen molar-refractivity contribution in [3.8, 4) is 0 Å². The summed E-state index contributed by atoms with van der Waals surface area (Å²) in [5, 5.41) is 13.2. The number of hydrogen-bond acceptors (Lipinski definition) is 5. The molecule has 6 nitrogen and oxygen atoms in total. The van der Waals surface area contributed by atoms with Crippen LogP contribution < -0.4 is 5.32 Å². The zero-order chi connectivity index (χ0) is 23.2. The van der Waals surface area contributed by atoms with Crippen molar-refractivity contribution in [2.75, 3.05) is 13.2 Å². The number of hydrogen-bond donors (Lipinski definition) is 2. The molecule has 3 aromatic rings. The Morgan fingerprint density at radius 3 is 2.73 bits per heavy atom. The van der Waals surface area contributed by atoms with Crippen molar-refractivity contribution in [2.24, 2.45) is 5.92 Å². The van der Waals surface area contributed by atoms with E-state index in [1.807, 2.05) is 37.3 Å². The van der Waals surface area contributed by atoms with E-state index in [2.05, 4.69) is 5.32 Å². The SMILES string of the molecule is CCO[C@@H]1OC(C(=O)NCc2ccc(F)cc2)=C[C@H](c2coc3ccccc23)[C@H]1CCCO. The van der Waals surface area contributed by atoms with Crippen molar-refractivity contribution >= 4 is 16.9 Å². The highest BCUT2D eigenvalue weighted by Gasteiger charge is 2.39. The summed E-state index contributed by atoms with van der Waals surface area (Å²) in [4.78, 5) is 13.0. The number of furan rings is 1. The lowest BCUT2D eigenvalue weighted by Crippen LogP contribution is -2.38. The molecule has 0 unspecified atom stereocenters. The van der Waals surface area contributed by atoms with Gasteiger partial charge in [0.25, 0.3) is 5.91 Å². The Morgan fingerprint density at radius 1 is 1.18 bits per heavy atom. The van der Waals surface area contributed by atoms with Crippen molar-refractivity contribution in [1.82, 2.24) is 5.32 Å². The van der Waals surface area contributed by atoms with Crippen molar-refractivity contribution in [2.45, 2.75) is 38.5 Å². The van der Waals surface area contributed by atoms with E-state index >= 15 is 0 Å². The fourth-order valence-corrected chi connectivity index (χ4v) is 4.25. The Morgan fingerprint density at radius 2 is 1.97 bits per heavy atom. The van der Waals surface area contributed by atoms with Gasteiger partial charge in [-0.2, -0.15) is 0 Å². The first kappa shape index (κ1) is 23.0. The molecular weight excluding hydrogens is 425 g/mol. The van der Waals surface area contributed by atoms with Gasteiger partial charge in [0.1, 0.15) is 11.4 Å². The molecule has 3 atom stereocenters. The molecule has 0 saturated heterocycles. The first-order chi connectivity index (χ1) is 16.1. The number of aliphatic hydroxyl groups excluding tert-OH is 1. The summed E-state index contributed by atoms with van der Waals surface area (Å²) in [5.74, 6) is -0.829. The molecule has 2 aromatic carbocycles. The number of benzene rings is 2. The van der Waals surface area contributed by atoms with E-state index < -0.39 is 6.29 Å². The number of allylic oxidation sites excluding steroid dienone is 1. The van der Waals surface area contributed by atoms with E-state index in [1.54, 1.807) is 18.4 Å². The van der Waals surface area contributed by atoms with E-state index in [4.69, 9.17) is 13.9 Å². The van der Waals surface area contributed by atoms with Crippen LogP contribution in [-0.2, 0) is 20.8 Å². The van der Waals surface area contributed by atoms with E-state index in [0.29, 0.717) is 19.4 Å². The van der Waals surface area contributed by atoms with Crippen LogP contribution in [0.25, 0.3) is 11.0 Å². The van der Waals surface area contributed by atoms with E-state index in [9.17, 15) is 14.3 Å². The zero-order valence-electron chi connectivity index (χ0n) is 18.5. The maximum absolute atomic E-state index is 13.2. The summed E-state index contributed by atoms with van der Waals surface area (Å²) < 4.78 is 30.8. The zero-order valence-corrected chi connectivity index (χ0v) is 18.5. The third-order valence-electron chi connectivity index (χ3n) is 5.87.